The van der Waals surface area contributed by atoms with Gasteiger partial charge in [0.1, 0.15) is 0 Å². The van der Waals surface area contributed by atoms with E-state index in [1.165, 1.54) is 24.3 Å². The van der Waals surface area contributed by atoms with Crippen LogP contribution in [0, 0.1) is 0 Å². The van der Waals surface area contributed by atoms with Crippen LogP contribution in [0.15, 0.2) is 0 Å². The number of carbonyl (C=O) groups excluding carboxylic acids is 1. The highest BCUT2D eigenvalue weighted by atomic mass is 32.2. The molecule has 0 aromatic heterocycles. The standard InChI is InChI=1S/C11H21NO3.C4H8S/c1-2-3-7-10(13)12-9-6-4-5-8-11(14)15;1-2-4-5-3-1/h2-9H2,1H3,(H,12,13)(H,14,15);1-4H2. The zero-order valence-electron chi connectivity index (χ0n) is 12.7. The molecule has 0 aromatic carbocycles. The molecule has 0 spiro atoms. The lowest BCUT2D eigenvalue weighted by molar-refractivity contribution is -0.137. The summed E-state index contributed by atoms with van der Waals surface area (Å²) in [7, 11) is 0. The number of amides is 1. The molecule has 0 radical (unpaired) electrons. The SMILES string of the molecule is C1CCSC1.CCCCC(=O)NCCCCCC(=O)O. The topological polar surface area (TPSA) is 66.4 Å². The highest BCUT2D eigenvalue weighted by Gasteiger charge is 1.99. The Morgan fingerprint density at radius 1 is 1.05 bits per heavy atom. The Bertz CT molecular complexity index is 248. The zero-order chi connectivity index (χ0) is 15.1. The maximum absolute atomic E-state index is 11.1. The zero-order valence-corrected chi connectivity index (χ0v) is 13.5. The predicted molar refractivity (Wildman–Crippen MR) is 85.2 cm³/mol. The fourth-order valence-corrected chi connectivity index (χ4v) is 2.76. The van der Waals surface area contributed by atoms with Crippen molar-refractivity contribution >= 4 is 23.6 Å². The fourth-order valence-electron chi connectivity index (χ4n) is 1.74. The molecule has 0 unspecified atom stereocenters. The minimum atomic E-state index is -0.748. The molecule has 4 nitrogen and oxygen atoms in total. The number of carboxylic acid groups (broad SMARTS) is 1. The normalized spacial score (nSPS) is 13.4. The molecule has 1 aliphatic rings. The molecule has 5 heteroatoms. The number of carboxylic acids is 1. The van der Waals surface area contributed by atoms with E-state index in [1.807, 2.05) is 0 Å². The van der Waals surface area contributed by atoms with Crippen LogP contribution in [0.25, 0.3) is 0 Å². The van der Waals surface area contributed by atoms with Crippen LogP contribution in [0.4, 0.5) is 0 Å². The van der Waals surface area contributed by atoms with Gasteiger partial charge in [0, 0.05) is 19.4 Å². The number of carbonyl (C=O) groups is 2. The van der Waals surface area contributed by atoms with Crippen molar-refractivity contribution in [2.45, 2.75) is 64.7 Å². The molecule has 1 amide bonds. The van der Waals surface area contributed by atoms with Crippen LogP contribution in [0.1, 0.15) is 64.7 Å². The van der Waals surface area contributed by atoms with Gasteiger partial charge in [-0.15, -0.1) is 0 Å². The number of unbranched alkanes of at least 4 members (excludes halogenated alkanes) is 3. The predicted octanol–water partition coefficient (Wildman–Crippen LogP) is 3.45. The lowest BCUT2D eigenvalue weighted by Gasteiger charge is -2.03. The molecule has 0 atom stereocenters. The lowest BCUT2D eigenvalue weighted by atomic mass is 10.2. The van der Waals surface area contributed by atoms with Gasteiger partial charge in [0.25, 0.3) is 0 Å². The van der Waals surface area contributed by atoms with Gasteiger partial charge in [-0.05, 0) is 43.6 Å². The van der Waals surface area contributed by atoms with E-state index in [2.05, 4.69) is 24.0 Å². The van der Waals surface area contributed by atoms with Gasteiger partial charge >= 0.3 is 5.97 Å². The van der Waals surface area contributed by atoms with Crippen molar-refractivity contribution in [1.82, 2.24) is 5.32 Å². The third kappa shape index (κ3) is 15.3. The quantitative estimate of drug-likeness (QED) is 0.640. The number of rotatable bonds is 9. The van der Waals surface area contributed by atoms with Crippen LogP contribution in [0.5, 0.6) is 0 Å². The van der Waals surface area contributed by atoms with Gasteiger partial charge in [-0.1, -0.05) is 19.8 Å². The Balaban J connectivity index is 0.000000595. The first-order valence-corrected chi connectivity index (χ1v) is 8.88. The first kappa shape index (κ1) is 19.3. The Hall–Kier alpha value is -0.710. The number of nitrogens with one attached hydrogen (secondary N) is 1. The second-order valence-corrected chi connectivity index (χ2v) is 6.20. The van der Waals surface area contributed by atoms with E-state index in [4.69, 9.17) is 5.11 Å². The largest absolute Gasteiger partial charge is 0.481 e. The van der Waals surface area contributed by atoms with E-state index >= 15 is 0 Å². The van der Waals surface area contributed by atoms with Crippen molar-refractivity contribution in [3.8, 4) is 0 Å². The fraction of sp³-hybridized carbons (Fsp3) is 0.867. The van der Waals surface area contributed by atoms with Crippen molar-refractivity contribution in [2.24, 2.45) is 0 Å². The molecule has 0 saturated carbocycles. The summed E-state index contributed by atoms with van der Waals surface area (Å²) in [6, 6.07) is 0. The van der Waals surface area contributed by atoms with Gasteiger partial charge in [0.15, 0.2) is 0 Å². The van der Waals surface area contributed by atoms with Crippen molar-refractivity contribution < 1.29 is 14.7 Å². The average Bonchev–Trinajstić information content (AvgIpc) is 2.99. The van der Waals surface area contributed by atoms with Crippen molar-refractivity contribution in [2.75, 3.05) is 18.1 Å². The molecule has 118 valence electrons. The Morgan fingerprint density at radius 3 is 2.25 bits per heavy atom. The van der Waals surface area contributed by atoms with Crippen LogP contribution < -0.4 is 5.32 Å². The molecular weight excluding hydrogens is 274 g/mol. The van der Waals surface area contributed by atoms with Gasteiger partial charge in [-0.25, -0.2) is 0 Å². The number of thioether (sulfide) groups is 1. The van der Waals surface area contributed by atoms with Gasteiger partial charge in [-0.3, -0.25) is 9.59 Å². The molecule has 1 fully saturated rings. The average molecular weight is 303 g/mol. The van der Waals surface area contributed by atoms with Gasteiger partial charge in [-0.2, -0.15) is 11.8 Å². The number of hydrogen-bond acceptors (Lipinski definition) is 3. The summed E-state index contributed by atoms with van der Waals surface area (Å²) in [6.45, 7) is 2.72. The second kappa shape index (κ2) is 14.7. The Morgan fingerprint density at radius 2 is 1.75 bits per heavy atom. The summed E-state index contributed by atoms with van der Waals surface area (Å²) in [5, 5.41) is 11.2. The first-order valence-electron chi connectivity index (χ1n) is 7.73. The maximum Gasteiger partial charge on any atom is 0.303 e. The highest BCUT2D eigenvalue weighted by Crippen LogP contribution is 2.14. The van der Waals surface area contributed by atoms with E-state index in [0.717, 1.165) is 25.7 Å². The summed E-state index contributed by atoms with van der Waals surface area (Å²) in [5.74, 6) is 2.19. The molecule has 0 aliphatic carbocycles. The van der Waals surface area contributed by atoms with Crippen LogP contribution in [0.2, 0.25) is 0 Å². The minimum absolute atomic E-state index is 0.107. The van der Waals surface area contributed by atoms with Crippen LogP contribution in [-0.2, 0) is 9.59 Å². The molecule has 0 aromatic rings. The van der Waals surface area contributed by atoms with Crippen LogP contribution >= 0.6 is 11.8 Å². The molecule has 1 rings (SSSR count). The Labute approximate surface area is 127 Å². The van der Waals surface area contributed by atoms with Gasteiger partial charge in [0.05, 0.1) is 0 Å². The van der Waals surface area contributed by atoms with Crippen molar-refractivity contribution in [3.63, 3.8) is 0 Å². The third-order valence-corrected chi connectivity index (χ3v) is 4.13. The number of aliphatic carboxylic acids is 1. The van der Waals surface area contributed by atoms with Gasteiger partial charge in [0.2, 0.25) is 5.91 Å². The summed E-state index contributed by atoms with van der Waals surface area (Å²) >= 11 is 2.07. The summed E-state index contributed by atoms with van der Waals surface area (Å²) in [5.41, 5.74) is 0. The number of hydrogen-bond donors (Lipinski definition) is 2. The Kier molecular flexibility index (Phi) is 14.2. The van der Waals surface area contributed by atoms with E-state index in [-0.39, 0.29) is 12.3 Å². The van der Waals surface area contributed by atoms with Crippen LogP contribution in [0.3, 0.4) is 0 Å². The monoisotopic (exact) mass is 303 g/mol. The lowest BCUT2D eigenvalue weighted by Crippen LogP contribution is -2.23. The van der Waals surface area contributed by atoms with E-state index in [9.17, 15) is 9.59 Å². The maximum atomic E-state index is 11.1. The van der Waals surface area contributed by atoms with E-state index < -0.39 is 5.97 Å². The highest BCUT2D eigenvalue weighted by molar-refractivity contribution is 7.99. The van der Waals surface area contributed by atoms with Crippen molar-refractivity contribution in [1.29, 1.82) is 0 Å². The molecule has 1 heterocycles. The summed E-state index contributed by atoms with van der Waals surface area (Å²) in [4.78, 5) is 21.3. The first-order chi connectivity index (χ1) is 9.66. The molecule has 2 N–H and O–H groups in total. The van der Waals surface area contributed by atoms with Crippen molar-refractivity contribution in [3.05, 3.63) is 0 Å². The smallest absolute Gasteiger partial charge is 0.303 e. The van der Waals surface area contributed by atoms with E-state index in [0.29, 0.717) is 19.4 Å². The second-order valence-electron chi connectivity index (χ2n) is 4.98. The molecule has 1 saturated heterocycles. The van der Waals surface area contributed by atoms with Crippen LogP contribution in [-0.4, -0.2) is 35.0 Å². The summed E-state index contributed by atoms with van der Waals surface area (Å²) in [6.07, 6.45) is 8.15. The summed E-state index contributed by atoms with van der Waals surface area (Å²) < 4.78 is 0. The molecular formula is C15H29NO3S. The molecule has 0 bridgehead atoms. The molecule has 20 heavy (non-hydrogen) atoms. The minimum Gasteiger partial charge on any atom is -0.481 e. The third-order valence-electron chi connectivity index (χ3n) is 2.97. The molecule has 1 aliphatic heterocycles. The van der Waals surface area contributed by atoms with Gasteiger partial charge < -0.3 is 10.4 Å². The van der Waals surface area contributed by atoms with E-state index in [1.54, 1.807) is 0 Å².